The molecular weight excluding hydrogens is 478 g/mol. The van der Waals surface area contributed by atoms with Crippen LogP contribution in [0.4, 0.5) is 11.4 Å². The first kappa shape index (κ1) is 24.6. The molecule has 0 saturated carbocycles. The first-order valence-corrected chi connectivity index (χ1v) is 11.0. The number of imidazole rings is 1. The second-order valence-electron chi connectivity index (χ2n) is 7.92. The number of amides is 2. The Bertz CT molecular complexity index is 1530. The summed E-state index contributed by atoms with van der Waals surface area (Å²) in [5, 5.41) is 2.88. The SMILES string of the molecule is COc1cc(C(=O)N(C)c2ccccc2-n2cccc2)ccc1C(=O)Nc1cccc2[nH]cnc12.Cl. The number of aromatic amines is 1. The van der Waals surface area contributed by atoms with Crippen LogP contribution in [0, 0.1) is 0 Å². The van der Waals surface area contributed by atoms with Gasteiger partial charge in [0.15, 0.2) is 0 Å². The summed E-state index contributed by atoms with van der Waals surface area (Å²) in [5.74, 6) is -0.284. The lowest BCUT2D eigenvalue weighted by molar-refractivity contribution is 0.0988. The standard InChI is InChI=1S/C27H23N5O3.ClH/c1-31(22-10-3-4-11-23(22)32-14-5-6-15-32)27(34)18-12-13-19(24(16-18)35-2)26(33)30-21-9-7-8-20-25(21)29-17-28-20;/h3-17H,1-2H3,(H,28,29)(H,30,33);1H. The number of halogens is 1. The number of hydrogen-bond acceptors (Lipinski definition) is 4. The van der Waals surface area contributed by atoms with Crippen molar-refractivity contribution in [3.8, 4) is 11.4 Å². The number of nitrogens with zero attached hydrogens (tertiary/aromatic N) is 3. The Morgan fingerprint density at radius 3 is 2.56 bits per heavy atom. The third kappa shape index (κ3) is 4.54. The van der Waals surface area contributed by atoms with Gasteiger partial charge in [0.25, 0.3) is 11.8 Å². The normalized spacial score (nSPS) is 10.5. The minimum absolute atomic E-state index is 0. The zero-order valence-electron chi connectivity index (χ0n) is 19.6. The van der Waals surface area contributed by atoms with Gasteiger partial charge in [0, 0.05) is 25.0 Å². The Morgan fingerprint density at radius 1 is 1.00 bits per heavy atom. The van der Waals surface area contributed by atoms with Crippen LogP contribution in [0.2, 0.25) is 0 Å². The molecule has 0 spiro atoms. The molecule has 0 aliphatic carbocycles. The highest BCUT2D eigenvalue weighted by Gasteiger charge is 2.21. The van der Waals surface area contributed by atoms with Gasteiger partial charge in [0.2, 0.25) is 0 Å². The largest absolute Gasteiger partial charge is 0.496 e. The van der Waals surface area contributed by atoms with E-state index in [1.807, 2.05) is 65.5 Å². The lowest BCUT2D eigenvalue weighted by atomic mass is 10.1. The summed E-state index contributed by atoms with van der Waals surface area (Å²) >= 11 is 0. The predicted octanol–water partition coefficient (Wildman–Crippen LogP) is 5.31. The molecular formula is C27H24ClN5O3. The van der Waals surface area contributed by atoms with Crippen molar-refractivity contribution in [2.45, 2.75) is 0 Å². The molecule has 0 aliphatic rings. The molecule has 0 bridgehead atoms. The van der Waals surface area contributed by atoms with E-state index >= 15 is 0 Å². The Kier molecular flexibility index (Phi) is 7.07. The van der Waals surface area contributed by atoms with Crippen LogP contribution in [0.3, 0.4) is 0 Å². The monoisotopic (exact) mass is 501 g/mol. The molecule has 36 heavy (non-hydrogen) atoms. The Hall–Kier alpha value is -4.56. The first-order valence-electron chi connectivity index (χ1n) is 11.0. The molecule has 2 N–H and O–H groups in total. The van der Waals surface area contributed by atoms with Gasteiger partial charge in [0.05, 0.1) is 41.6 Å². The van der Waals surface area contributed by atoms with Crippen LogP contribution < -0.4 is 15.0 Å². The molecule has 0 atom stereocenters. The number of para-hydroxylation sites is 3. The number of hydrogen-bond donors (Lipinski definition) is 2. The van der Waals surface area contributed by atoms with E-state index in [0.29, 0.717) is 28.1 Å². The zero-order valence-corrected chi connectivity index (χ0v) is 20.5. The summed E-state index contributed by atoms with van der Waals surface area (Å²) in [6.07, 6.45) is 5.43. The van der Waals surface area contributed by atoms with E-state index in [1.165, 1.54) is 7.11 Å². The van der Waals surface area contributed by atoms with E-state index < -0.39 is 0 Å². The van der Waals surface area contributed by atoms with Crippen LogP contribution in [0.25, 0.3) is 16.7 Å². The second kappa shape index (κ2) is 10.4. The highest BCUT2D eigenvalue weighted by molar-refractivity contribution is 6.11. The molecule has 8 nitrogen and oxygen atoms in total. The van der Waals surface area contributed by atoms with E-state index in [0.717, 1.165) is 16.9 Å². The molecule has 5 rings (SSSR count). The molecule has 182 valence electrons. The van der Waals surface area contributed by atoms with Crippen molar-refractivity contribution >= 4 is 46.6 Å². The van der Waals surface area contributed by atoms with Crippen LogP contribution in [0.5, 0.6) is 5.75 Å². The van der Waals surface area contributed by atoms with Gasteiger partial charge >= 0.3 is 0 Å². The maximum atomic E-state index is 13.4. The highest BCUT2D eigenvalue weighted by Crippen LogP contribution is 2.28. The molecule has 0 radical (unpaired) electrons. The molecule has 0 fully saturated rings. The van der Waals surface area contributed by atoms with Crippen LogP contribution in [0.15, 0.2) is 91.5 Å². The van der Waals surface area contributed by atoms with Gasteiger partial charge < -0.3 is 24.5 Å². The second-order valence-corrected chi connectivity index (χ2v) is 7.92. The summed E-state index contributed by atoms with van der Waals surface area (Å²) < 4.78 is 7.43. The molecule has 0 unspecified atom stereocenters. The number of H-pyrrole nitrogens is 1. The van der Waals surface area contributed by atoms with E-state index in [2.05, 4.69) is 15.3 Å². The number of rotatable bonds is 6. The van der Waals surface area contributed by atoms with Crippen molar-refractivity contribution in [2.75, 3.05) is 24.4 Å². The highest BCUT2D eigenvalue weighted by atomic mass is 35.5. The van der Waals surface area contributed by atoms with Crippen molar-refractivity contribution in [1.82, 2.24) is 14.5 Å². The molecule has 2 heterocycles. The maximum Gasteiger partial charge on any atom is 0.259 e. The van der Waals surface area contributed by atoms with Gasteiger partial charge in [-0.25, -0.2) is 4.98 Å². The summed E-state index contributed by atoms with van der Waals surface area (Å²) in [6.45, 7) is 0. The third-order valence-electron chi connectivity index (χ3n) is 5.82. The van der Waals surface area contributed by atoms with Gasteiger partial charge in [-0.15, -0.1) is 12.4 Å². The average Bonchev–Trinajstić information content (AvgIpc) is 3.60. The number of anilines is 2. The van der Waals surface area contributed by atoms with Gasteiger partial charge in [-0.05, 0) is 54.6 Å². The molecule has 2 aromatic heterocycles. The third-order valence-corrected chi connectivity index (χ3v) is 5.82. The molecule has 5 aromatic rings. The molecule has 3 aromatic carbocycles. The summed E-state index contributed by atoms with van der Waals surface area (Å²) in [5.41, 5.74) is 4.40. The number of aromatic nitrogens is 3. The van der Waals surface area contributed by atoms with Gasteiger partial charge in [-0.2, -0.15) is 0 Å². The van der Waals surface area contributed by atoms with Gasteiger partial charge in [-0.3, -0.25) is 9.59 Å². The van der Waals surface area contributed by atoms with Crippen LogP contribution in [-0.4, -0.2) is 40.5 Å². The summed E-state index contributed by atoms with van der Waals surface area (Å²) in [7, 11) is 3.20. The maximum absolute atomic E-state index is 13.4. The van der Waals surface area contributed by atoms with Crippen molar-refractivity contribution in [3.63, 3.8) is 0 Å². The Morgan fingerprint density at radius 2 is 1.78 bits per heavy atom. The number of carbonyl (C=O) groups excluding carboxylic acids is 2. The fourth-order valence-corrected chi connectivity index (χ4v) is 4.03. The summed E-state index contributed by atoms with van der Waals surface area (Å²) in [4.78, 5) is 35.3. The summed E-state index contributed by atoms with van der Waals surface area (Å²) in [6, 6.07) is 21.8. The molecule has 2 amide bonds. The minimum atomic E-state index is -0.359. The predicted molar refractivity (Wildman–Crippen MR) is 143 cm³/mol. The van der Waals surface area contributed by atoms with E-state index in [9.17, 15) is 9.59 Å². The quantitative estimate of drug-likeness (QED) is 0.329. The van der Waals surface area contributed by atoms with E-state index in [4.69, 9.17) is 4.74 Å². The van der Waals surface area contributed by atoms with Gasteiger partial charge in [-0.1, -0.05) is 18.2 Å². The number of carbonyl (C=O) groups is 2. The topological polar surface area (TPSA) is 92.2 Å². The fourth-order valence-electron chi connectivity index (χ4n) is 4.03. The van der Waals surface area contributed by atoms with Crippen molar-refractivity contribution in [1.29, 1.82) is 0 Å². The average molecular weight is 502 g/mol. The van der Waals surface area contributed by atoms with Crippen LogP contribution >= 0.6 is 12.4 Å². The van der Waals surface area contributed by atoms with Crippen LogP contribution in [-0.2, 0) is 0 Å². The first-order chi connectivity index (χ1) is 17.1. The molecule has 0 saturated heterocycles. The smallest absolute Gasteiger partial charge is 0.259 e. The Balaban J connectivity index is 0.00000304. The zero-order chi connectivity index (χ0) is 24.4. The number of nitrogens with one attached hydrogen (secondary N) is 2. The number of fused-ring (bicyclic) bond motifs is 1. The van der Waals surface area contributed by atoms with Gasteiger partial charge in [0.1, 0.15) is 11.3 Å². The number of ether oxygens (including phenoxy) is 1. The lowest BCUT2D eigenvalue weighted by Crippen LogP contribution is -2.27. The lowest BCUT2D eigenvalue weighted by Gasteiger charge is -2.22. The minimum Gasteiger partial charge on any atom is -0.496 e. The Labute approximate surface area is 213 Å². The van der Waals surface area contributed by atoms with E-state index in [-0.39, 0.29) is 24.2 Å². The fraction of sp³-hybridized carbons (Fsp3) is 0.0741. The number of methoxy groups -OCH3 is 1. The van der Waals surface area contributed by atoms with E-state index in [1.54, 1.807) is 42.5 Å². The number of benzene rings is 3. The van der Waals surface area contributed by atoms with Crippen molar-refractivity contribution < 1.29 is 14.3 Å². The van der Waals surface area contributed by atoms with Crippen molar-refractivity contribution in [3.05, 3.63) is 103 Å². The molecule has 0 aliphatic heterocycles. The van der Waals surface area contributed by atoms with Crippen molar-refractivity contribution in [2.24, 2.45) is 0 Å². The molecule has 9 heteroatoms. The van der Waals surface area contributed by atoms with Crippen LogP contribution in [0.1, 0.15) is 20.7 Å².